The highest BCUT2D eigenvalue weighted by atomic mass is 16.5. The number of amides is 4. The van der Waals surface area contributed by atoms with E-state index in [9.17, 15) is 14.8 Å². The number of hydrogen-bond donors (Lipinski definition) is 2. The standard InChI is InChI=1S/C16H28N4O3/c1-16(2)13(20(23)14(21)17-3)18(4)15(22)19(16)11-10-12-8-6-5-7-9-12/h8,13,23H,5-7,9-11H2,1-4H3,(H,17,21). The lowest BCUT2D eigenvalue weighted by Gasteiger charge is -2.37. The average molecular weight is 324 g/mol. The normalized spacial score (nSPS) is 23.8. The van der Waals surface area contributed by atoms with Gasteiger partial charge in [0, 0.05) is 20.6 Å². The minimum Gasteiger partial charge on any atom is -0.339 e. The first-order chi connectivity index (χ1) is 10.8. The molecule has 2 N–H and O–H groups in total. The monoisotopic (exact) mass is 324 g/mol. The Bertz CT molecular complexity index is 504. The first kappa shape index (κ1) is 17.6. The SMILES string of the molecule is CNC(=O)N(O)C1N(C)C(=O)N(CCC2=CCCCC2)C1(C)C. The third-order valence-electron chi connectivity index (χ3n) is 4.92. The molecular formula is C16H28N4O3. The van der Waals surface area contributed by atoms with E-state index in [1.807, 2.05) is 13.8 Å². The molecule has 2 rings (SSSR count). The van der Waals surface area contributed by atoms with Gasteiger partial charge in [0.2, 0.25) is 0 Å². The number of carbonyl (C=O) groups is 2. The van der Waals surface area contributed by atoms with Gasteiger partial charge in [-0.15, -0.1) is 0 Å². The molecule has 4 amide bonds. The van der Waals surface area contributed by atoms with Crippen molar-refractivity contribution in [2.24, 2.45) is 0 Å². The van der Waals surface area contributed by atoms with E-state index in [1.165, 1.54) is 30.4 Å². The molecule has 1 aliphatic heterocycles. The Kier molecular flexibility index (Phi) is 5.19. The van der Waals surface area contributed by atoms with Gasteiger partial charge in [-0.1, -0.05) is 11.6 Å². The summed E-state index contributed by atoms with van der Waals surface area (Å²) in [7, 11) is 3.06. The van der Waals surface area contributed by atoms with Crippen LogP contribution in [0.25, 0.3) is 0 Å². The minimum absolute atomic E-state index is 0.167. The second-order valence-corrected chi connectivity index (χ2v) is 6.83. The lowest BCUT2D eigenvalue weighted by atomic mass is 9.95. The predicted molar refractivity (Wildman–Crippen MR) is 87.0 cm³/mol. The van der Waals surface area contributed by atoms with Crippen LogP contribution >= 0.6 is 0 Å². The molecule has 0 aromatic rings. The molecule has 2 aliphatic rings. The summed E-state index contributed by atoms with van der Waals surface area (Å²) in [5.41, 5.74) is 0.723. The van der Waals surface area contributed by atoms with Crippen molar-refractivity contribution in [1.82, 2.24) is 20.2 Å². The van der Waals surface area contributed by atoms with Crippen molar-refractivity contribution < 1.29 is 14.8 Å². The lowest BCUT2D eigenvalue weighted by Crippen LogP contribution is -2.58. The Morgan fingerprint density at radius 2 is 2.17 bits per heavy atom. The van der Waals surface area contributed by atoms with Crippen LogP contribution in [0.3, 0.4) is 0 Å². The van der Waals surface area contributed by atoms with Crippen molar-refractivity contribution in [3.63, 3.8) is 0 Å². The van der Waals surface area contributed by atoms with Crippen LogP contribution < -0.4 is 5.32 Å². The van der Waals surface area contributed by atoms with Gasteiger partial charge >= 0.3 is 12.1 Å². The van der Waals surface area contributed by atoms with Crippen LogP contribution in [0.2, 0.25) is 0 Å². The Balaban J connectivity index is 2.12. The number of hydroxylamine groups is 2. The largest absolute Gasteiger partial charge is 0.342 e. The lowest BCUT2D eigenvalue weighted by molar-refractivity contribution is -0.129. The minimum atomic E-state index is -0.727. The van der Waals surface area contributed by atoms with Gasteiger partial charge in [0.25, 0.3) is 0 Å². The fraction of sp³-hybridized carbons (Fsp3) is 0.750. The van der Waals surface area contributed by atoms with Gasteiger partial charge in [-0.05, 0) is 46.0 Å². The third-order valence-corrected chi connectivity index (χ3v) is 4.92. The molecule has 23 heavy (non-hydrogen) atoms. The zero-order valence-corrected chi connectivity index (χ0v) is 14.5. The van der Waals surface area contributed by atoms with E-state index >= 15 is 0 Å². The third kappa shape index (κ3) is 3.29. The van der Waals surface area contributed by atoms with Crippen molar-refractivity contribution in [2.75, 3.05) is 20.6 Å². The Hall–Kier alpha value is -1.76. The van der Waals surface area contributed by atoms with Crippen molar-refractivity contribution in [3.05, 3.63) is 11.6 Å². The molecule has 1 unspecified atom stereocenters. The average Bonchev–Trinajstić information content (AvgIpc) is 2.70. The zero-order valence-electron chi connectivity index (χ0n) is 14.5. The summed E-state index contributed by atoms with van der Waals surface area (Å²) in [6, 6.07) is -0.793. The molecule has 0 radical (unpaired) electrons. The quantitative estimate of drug-likeness (QED) is 0.473. The van der Waals surface area contributed by atoms with Gasteiger partial charge in [-0.25, -0.2) is 9.59 Å². The molecule has 1 saturated heterocycles. The number of carbonyl (C=O) groups excluding carboxylic acids is 2. The van der Waals surface area contributed by atoms with Crippen LogP contribution in [-0.2, 0) is 0 Å². The second kappa shape index (κ2) is 6.78. The topological polar surface area (TPSA) is 76.1 Å². The number of nitrogens with one attached hydrogen (secondary N) is 1. The summed E-state index contributed by atoms with van der Waals surface area (Å²) < 4.78 is 0. The molecule has 7 nitrogen and oxygen atoms in total. The maximum Gasteiger partial charge on any atom is 0.342 e. The first-order valence-electron chi connectivity index (χ1n) is 8.23. The Labute approximate surface area is 137 Å². The number of likely N-dealkylation sites (N-methyl/N-ethyl adjacent to an activating group) is 1. The maximum absolute atomic E-state index is 12.6. The molecule has 1 atom stereocenters. The summed E-state index contributed by atoms with van der Waals surface area (Å²) >= 11 is 0. The molecule has 0 aromatic carbocycles. The van der Waals surface area contributed by atoms with E-state index in [0.29, 0.717) is 11.6 Å². The van der Waals surface area contributed by atoms with Crippen molar-refractivity contribution in [1.29, 1.82) is 0 Å². The van der Waals surface area contributed by atoms with E-state index < -0.39 is 17.7 Å². The van der Waals surface area contributed by atoms with Crippen LogP contribution in [0.4, 0.5) is 9.59 Å². The number of hydrogen-bond acceptors (Lipinski definition) is 3. The molecule has 1 heterocycles. The molecule has 0 aromatic heterocycles. The fourth-order valence-electron chi connectivity index (χ4n) is 3.61. The molecule has 0 bridgehead atoms. The predicted octanol–water partition coefficient (Wildman–Crippen LogP) is 2.38. The van der Waals surface area contributed by atoms with Gasteiger partial charge in [-0.3, -0.25) is 5.21 Å². The summed E-state index contributed by atoms with van der Waals surface area (Å²) in [6.45, 7) is 4.35. The van der Waals surface area contributed by atoms with Gasteiger partial charge in [0.05, 0.1) is 5.54 Å². The van der Waals surface area contributed by atoms with E-state index in [-0.39, 0.29) is 6.03 Å². The van der Waals surface area contributed by atoms with Crippen molar-refractivity contribution in [3.8, 4) is 0 Å². The van der Waals surface area contributed by atoms with Gasteiger partial charge in [0.15, 0.2) is 6.17 Å². The van der Waals surface area contributed by atoms with Crippen molar-refractivity contribution in [2.45, 2.75) is 57.7 Å². The molecule has 130 valence electrons. The van der Waals surface area contributed by atoms with Crippen molar-refractivity contribution >= 4 is 12.1 Å². The van der Waals surface area contributed by atoms with Crippen LogP contribution in [-0.4, -0.2) is 64.5 Å². The summed E-state index contributed by atoms with van der Waals surface area (Å²) in [6.07, 6.45) is 7.08. The number of rotatable bonds is 4. The van der Waals surface area contributed by atoms with Gasteiger partial charge in [-0.2, -0.15) is 5.06 Å². The molecule has 1 aliphatic carbocycles. The number of nitrogens with zero attached hydrogens (tertiary/aromatic N) is 3. The summed E-state index contributed by atoms with van der Waals surface area (Å²) in [4.78, 5) is 27.5. The molecule has 7 heteroatoms. The van der Waals surface area contributed by atoms with Gasteiger partial charge in [0.1, 0.15) is 0 Å². The van der Waals surface area contributed by atoms with E-state index in [1.54, 1.807) is 11.9 Å². The fourth-order valence-corrected chi connectivity index (χ4v) is 3.61. The highest BCUT2D eigenvalue weighted by Gasteiger charge is 2.53. The first-order valence-corrected chi connectivity index (χ1v) is 8.23. The van der Waals surface area contributed by atoms with E-state index in [0.717, 1.165) is 19.3 Å². The molecule has 0 spiro atoms. The summed E-state index contributed by atoms with van der Waals surface area (Å²) in [5, 5.41) is 13.2. The van der Waals surface area contributed by atoms with E-state index in [2.05, 4.69) is 11.4 Å². The molecule has 0 saturated carbocycles. The van der Waals surface area contributed by atoms with E-state index in [4.69, 9.17) is 0 Å². The highest BCUT2D eigenvalue weighted by molar-refractivity contribution is 5.80. The maximum atomic E-state index is 12.6. The Morgan fingerprint density at radius 1 is 1.48 bits per heavy atom. The van der Waals surface area contributed by atoms with Gasteiger partial charge < -0.3 is 15.1 Å². The highest BCUT2D eigenvalue weighted by Crippen LogP contribution is 2.34. The van der Waals surface area contributed by atoms with Crippen LogP contribution in [0.15, 0.2) is 11.6 Å². The second-order valence-electron chi connectivity index (χ2n) is 6.83. The smallest absolute Gasteiger partial charge is 0.339 e. The molecular weight excluding hydrogens is 296 g/mol. The zero-order chi connectivity index (χ0) is 17.2. The number of urea groups is 2. The van der Waals surface area contributed by atoms with Crippen LogP contribution in [0, 0.1) is 0 Å². The summed E-state index contributed by atoms with van der Waals surface area (Å²) in [5.74, 6) is 0. The van der Waals surface area contributed by atoms with Crippen LogP contribution in [0.5, 0.6) is 0 Å². The van der Waals surface area contributed by atoms with Crippen LogP contribution in [0.1, 0.15) is 46.0 Å². The Morgan fingerprint density at radius 3 is 2.74 bits per heavy atom. The number of allylic oxidation sites excluding steroid dienone is 1. The molecule has 1 fully saturated rings.